The quantitative estimate of drug-likeness (QED) is 0.870. The summed E-state index contributed by atoms with van der Waals surface area (Å²) in [4.78, 5) is 4.31. The number of thioether (sulfide) groups is 1. The standard InChI is InChI=1S/C13H20N2S/c1-3-15-13(11-4-5-16-9-11)12-6-10(2)7-14-8-12/h6-8,11,13,15H,3-5,9H2,1-2H3. The van der Waals surface area contributed by atoms with Gasteiger partial charge < -0.3 is 5.32 Å². The molecule has 2 atom stereocenters. The number of hydrogen-bond donors (Lipinski definition) is 1. The molecule has 0 bridgehead atoms. The first-order valence-electron chi connectivity index (χ1n) is 6.04. The molecule has 3 heteroatoms. The van der Waals surface area contributed by atoms with Gasteiger partial charge in [-0.3, -0.25) is 4.98 Å². The second kappa shape index (κ2) is 5.69. The summed E-state index contributed by atoms with van der Waals surface area (Å²) in [5, 5.41) is 3.61. The molecule has 88 valence electrons. The van der Waals surface area contributed by atoms with Gasteiger partial charge in [0, 0.05) is 18.4 Å². The zero-order chi connectivity index (χ0) is 11.4. The van der Waals surface area contributed by atoms with E-state index in [1.54, 1.807) is 0 Å². The molecule has 1 aromatic rings. The predicted octanol–water partition coefficient (Wildman–Crippen LogP) is 2.79. The van der Waals surface area contributed by atoms with Crippen molar-refractivity contribution in [3.63, 3.8) is 0 Å². The van der Waals surface area contributed by atoms with Gasteiger partial charge in [0.15, 0.2) is 0 Å². The van der Waals surface area contributed by atoms with Crippen LogP contribution in [-0.2, 0) is 0 Å². The molecular formula is C13H20N2S. The Hall–Kier alpha value is -0.540. The van der Waals surface area contributed by atoms with Gasteiger partial charge in [0.1, 0.15) is 0 Å². The van der Waals surface area contributed by atoms with Crippen molar-refractivity contribution in [3.8, 4) is 0 Å². The largest absolute Gasteiger partial charge is 0.310 e. The van der Waals surface area contributed by atoms with Gasteiger partial charge in [0.25, 0.3) is 0 Å². The summed E-state index contributed by atoms with van der Waals surface area (Å²) in [6.07, 6.45) is 5.27. The number of aromatic nitrogens is 1. The molecule has 0 radical (unpaired) electrons. The van der Waals surface area contributed by atoms with Crippen LogP contribution in [0.2, 0.25) is 0 Å². The molecule has 0 aliphatic carbocycles. The summed E-state index contributed by atoms with van der Waals surface area (Å²) >= 11 is 2.07. The Bertz CT molecular complexity index is 334. The van der Waals surface area contributed by atoms with Gasteiger partial charge in [-0.25, -0.2) is 0 Å². The Kier molecular flexibility index (Phi) is 4.24. The highest BCUT2D eigenvalue weighted by atomic mass is 32.2. The molecule has 2 nitrogen and oxygen atoms in total. The van der Waals surface area contributed by atoms with Crippen LogP contribution in [0.25, 0.3) is 0 Å². The number of hydrogen-bond acceptors (Lipinski definition) is 3. The third kappa shape index (κ3) is 2.77. The third-order valence-corrected chi connectivity index (χ3v) is 4.30. The molecule has 1 aromatic heterocycles. The van der Waals surface area contributed by atoms with Crippen LogP contribution in [0.1, 0.15) is 30.5 Å². The molecule has 1 saturated heterocycles. The van der Waals surface area contributed by atoms with Crippen molar-refractivity contribution in [3.05, 3.63) is 29.6 Å². The molecule has 1 fully saturated rings. The number of pyridine rings is 1. The summed E-state index contributed by atoms with van der Waals surface area (Å²) in [6, 6.07) is 2.76. The monoisotopic (exact) mass is 236 g/mol. The van der Waals surface area contributed by atoms with Crippen molar-refractivity contribution in [2.24, 2.45) is 5.92 Å². The lowest BCUT2D eigenvalue weighted by molar-refractivity contribution is 0.400. The van der Waals surface area contributed by atoms with Gasteiger partial charge >= 0.3 is 0 Å². The molecule has 1 N–H and O–H groups in total. The predicted molar refractivity (Wildman–Crippen MR) is 70.8 cm³/mol. The van der Waals surface area contributed by atoms with Crippen molar-refractivity contribution < 1.29 is 0 Å². The Morgan fingerprint density at radius 1 is 1.56 bits per heavy atom. The van der Waals surface area contributed by atoms with Crippen molar-refractivity contribution in [2.75, 3.05) is 18.1 Å². The molecule has 2 rings (SSSR count). The van der Waals surface area contributed by atoms with E-state index in [1.807, 2.05) is 12.4 Å². The lowest BCUT2D eigenvalue weighted by Crippen LogP contribution is -2.28. The molecule has 2 unspecified atom stereocenters. The maximum Gasteiger partial charge on any atom is 0.0372 e. The van der Waals surface area contributed by atoms with E-state index in [1.165, 1.54) is 29.1 Å². The van der Waals surface area contributed by atoms with Crippen molar-refractivity contribution in [1.29, 1.82) is 0 Å². The second-order valence-corrected chi connectivity index (χ2v) is 5.60. The fraction of sp³-hybridized carbons (Fsp3) is 0.615. The van der Waals surface area contributed by atoms with E-state index in [-0.39, 0.29) is 0 Å². The molecular weight excluding hydrogens is 216 g/mol. The molecule has 2 heterocycles. The lowest BCUT2D eigenvalue weighted by atomic mass is 9.93. The van der Waals surface area contributed by atoms with Crippen LogP contribution in [0.4, 0.5) is 0 Å². The minimum absolute atomic E-state index is 0.493. The van der Waals surface area contributed by atoms with E-state index >= 15 is 0 Å². The molecule has 0 spiro atoms. The Labute approximate surface area is 102 Å². The summed E-state index contributed by atoms with van der Waals surface area (Å²) in [6.45, 7) is 5.32. The normalized spacial score (nSPS) is 22.2. The van der Waals surface area contributed by atoms with Crippen LogP contribution in [0.3, 0.4) is 0 Å². The number of nitrogens with zero attached hydrogens (tertiary/aromatic N) is 1. The Morgan fingerprint density at radius 2 is 2.44 bits per heavy atom. The van der Waals surface area contributed by atoms with Crippen LogP contribution in [-0.4, -0.2) is 23.0 Å². The number of rotatable bonds is 4. The van der Waals surface area contributed by atoms with Gasteiger partial charge in [-0.15, -0.1) is 0 Å². The summed E-state index contributed by atoms with van der Waals surface area (Å²) < 4.78 is 0. The molecule has 1 aliphatic rings. The van der Waals surface area contributed by atoms with Gasteiger partial charge in [0.05, 0.1) is 0 Å². The highest BCUT2D eigenvalue weighted by molar-refractivity contribution is 7.99. The summed E-state index contributed by atoms with van der Waals surface area (Å²) in [5.41, 5.74) is 2.61. The summed E-state index contributed by atoms with van der Waals surface area (Å²) in [7, 11) is 0. The highest BCUT2D eigenvalue weighted by Crippen LogP contribution is 2.34. The smallest absolute Gasteiger partial charge is 0.0372 e. The Balaban J connectivity index is 2.17. The van der Waals surface area contributed by atoms with E-state index in [9.17, 15) is 0 Å². The van der Waals surface area contributed by atoms with Gasteiger partial charge in [-0.2, -0.15) is 11.8 Å². The van der Waals surface area contributed by atoms with E-state index in [0.717, 1.165) is 12.5 Å². The van der Waals surface area contributed by atoms with Crippen molar-refractivity contribution in [1.82, 2.24) is 10.3 Å². The highest BCUT2D eigenvalue weighted by Gasteiger charge is 2.26. The van der Waals surface area contributed by atoms with Crippen LogP contribution >= 0.6 is 11.8 Å². The van der Waals surface area contributed by atoms with E-state index in [0.29, 0.717) is 6.04 Å². The van der Waals surface area contributed by atoms with Gasteiger partial charge in [-0.05, 0) is 48.4 Å². The number of aryl methyl sites for hydroxylation is 1. The van der Waals surface area contributed by atoms with Crippen LogP contribution in [0.5, 0.6) is 0 Å². The minimum Gasteiger partial charge on any atom is -0.310 e. The second-order valence-electron chi connectivity index (χ2n) is 4.45. The maximum absolute atomic E-state index is 4.31. The topological polar surface area (TPSA) is 24.9 Å². The van der Waals surface area contributed by atoms with E-state index in [4.69, 9.17) is 0 Å². The minimum atomic E-state index is 0.493. The zero-order valence-corrected chi connectivity index (χ0v) is 10.9. The molecule has 0 amide bonds. The van der Waals surface area contributed by atoms with Crippen molar-refractivity contribution in [2.45, 2.75) is 26.3 Å². The van der Waals surface area contributed by atoms with E-state index in [2.05, 4.69) is 42.0 Å². The van der Waals surface area contributed by atoms with Crippen LogP contribution < -0.4 is 5.32 Å². The molecule has 1 aliphatic heterocycles. The first kappa shape index (κ1) is 11.9. The first-order valence-corrected chi connectivity index (χ1v) is 7.19. The fourth-order valence-electron chi connectivity index (χ4n) is 2.34. The molecule has 0 saturated carbocycles. The first-order chi connectivity index (χ1) is 7.81. The van der Waals surface area contributed by atoms with Crippen molar-refractivity contribution >= 4 is 11.8 Å². The average molecular weight is 236 g/mol. The third-order valence-electron chi connectivity index (χ3n) is 3.12. The number of nitrogens with one attached hydrogen (secondary N) is 1. The summed E-state index contributed by atoms with van der Waals surface area (Å²) in [5.74, 6) is 3.37. The maximum atomic E-state index is 4.31. The van der Waals surface area contributed by atoms with Gasteiger partial charge in [-0.1, -0.05) is 13.0 Å². The van der Waals surface area contributed by atoms with Crippen LogP contribution in [0.15, 0.2) is 18.5 Å². The molecule has 16 heavy (non-hydrogen) atoms. The molecule has 0 aromatic carbocycles. The Morgan fingerprint density at radius 3 is 3.06 bits per heavy atom. The van der Waals surface area contributed by atoms with Gasteiger partial charge in [0.2, 0.25) is 0 Å². The fourth-order valence-corrected chi connectivity index (χ4v) is 3.64. The SMILES string of the molecule is CCNC(c1cncc(C)c1)C1CCSC1. The van der Waals surface area contributed by atoms with E-state index < -0.39 is 0 Å². The lowest BCUT2D eigenvalue weighted by Gasteiger charge is -2.24. The zero-order valence-electron chi connectivity index (χ0n) is 10.1. The van der Waals surface area contributed by atoms with Crippen LogP contribution in [0, 0.1) is 12.8 Å². The average Bonchev–Trinajstić information content (AvgIpc) is 2.79.